The van der Waals surface area contributed by atoms with E-state index in [9.17, 15) is 0 Å². The number of hydrogen-bond donors (Lipinski definition) is 0. The van der Waals surface area contributed by atoms with Crippen LogP contribution in [-0.2, 0) is 12.8 Å². The monoisotopic (exact) mass is 520 g/mol. The fraction of sp³-hybridized carbons (Fsp3) is 0.515. The summed E-state index contributed by atoms with van der Waals surface area (Å²) in [6.45, 7) is 18.4. The smallest absolute Gasteiger partial charge is 0.0176 e. The minimum absolute atomic E-state index is 0.532. The van der Waals surface area contributed by atoms with E-state index in [-0.39, 0.29) is 0 Å². The van der Waals surface area contributed by atoms with E-state index in [1.54, 1.807) is 22.3 Å². The zero-order valence-electron chi connectivity index (χ0n) is 22.4. The first-order valence-corrected chi connectivity index (χ1v) is 14.4. The number of fused-ring (bicyclic) bond motifs is 1. The summed E-state index contributed by atoms with van der Waals surface area (Å²) >= 11 is 4.05. The Balaban J connectivity index is 1.94. The van der Waals surface area contributed by atoms with E-state index in [0.29, 0.717) is 17.8 Å². The van der Waals surface area contributed by atoms with Crippen LogP contribution in [0.5, 0.6) is 0 Å². The molecule has 0 nitrogen and oxygen atoms in total. The molecule has 2 aliphatic carbocycles. The normalized spacial score (nSPS) is 20.8. The second kappa shape index (κ2) is 12.4. The van der Waals surface area contributed by atoms with Crippen LogP contribution in [-0.4, -0.2) is 0 Å². The van der Waals surface area contributed by atoms with Crippen LogP contribution in [0.1, 0.15) is 103 Å². The average molecular weight is 522 g/mol. The molecule has 3 unspecified atom stereocenters. The molecule has 1 aromatic carbocycles. The Labute approximate surface area is 218 Å². The van der Waals surface area contributed by atoms with Crippen molar-refractivity contribution >= 4 is 15.9 Å². The third-order valence-corrected chi connectivity index (χ3v) is 9.18. The first-order chi connectivity index (χ1) is 16.3. The van der Waals surface area contributed by atoms with Crippen molar-refractivity contribution in [3.8, 4) is 0 Å². The number of benzene rings is 1. The molecule has 0 bridgehead atoms. The van der Waals surface area contributed by atoms with Crippen LogP contribution in [0.25, 0.3) is 0 Å². The largest absolute Gasteiger partial charge is 0.0912 e. The van der Waals surface area contributed by atoms with E-state index in [2.05, 4.69) is 100 Å². The molecule has 0 saturated heterocycles. The van der Waals surface area contributed by atoms with Gasteiger partial charge in [0.2, 0.25) is 0 Å². The Bertz CT molecular complexity index is 1010. The molecule has 0 spiro atoms. The van der Waals surface area contributed by atoms with Crippen LogP contribution in [0, 0.1) is 11.8 Å². The maximum absolute atomic E-state index is 4.50. The maximum Gasteiger partial charge on any atom is 0.0176 e. The lowest BCUT2D eigenvalue weighted by atomic mass is 9.79. The van der Waals surface area contributed by atoms with Crippen molar-refractivity contribution in [2.75, 3.05) is 0 Å². The molecular formula is C33H45Br. The van der Waals surface area contributed by atoms with Crippen molar-refractivity contribution in [1.82, 2.24) is 0 Å². The summed E-state index contributed by atoms with van der Waals surface area (Å²) in [5.74, 6) is 1.80. The van der Waals surface area contributed by atoms with E-state index in [0.717, 1.165) is 24.8 Å². The van der Waals surface area contributed by atoms with Crippen LogP contribution in [0.2, 0.25) is 0 Å². The zero-order valence-corrected chi connectivity index (χ0v) is 24.0. The number of halogens is 1. The van der Waals surface area contributed by atoms with Gasteiger partial charge in [0, 0.05) is 4.48 Å². The fourth-order valence-electron chi connectivity index (χ4n) is 5.97. The quantitative estimate of drug-likeness (QED) is 0.284. The lowest BCUT2D eigenvalue weighted by Crippen LogP contribution is -2.12. The summed E-state index contributed by atoms with van der Waals surface area (Å²) < 4.78 is 1.28. The number of hydrogen-bond acceptors (Lipinski definition) is 0. The van der Waals surface area contributed by atoms with E-state index in [1.807, 2.05) is 0 Å². The van der Waals surface area contributed by atoms with Crippen molar-refractivity contribution in [2.45, 2.75) is 98.8 Å². The number of allylic oxidation sites excluding steroid dienone is 9. The van der Waals surface area contributed by atoms with E-state index >= 15 is 0 Å². The van der Waals surface area contributed by atoms with E-state index < -0.39 is 0 Å². The Morgan fingerprint density at radius 3 is 2.59 bits per heavy atom. The van der Waals surface area contributed by atoms with Gasteiger partial charge in [-0.25, -0.2) is 0 Å². The predicted molar refractivity (Wildman–Crippen MR) is 155 cm³/mol. The number of rotatable bonds is 9. The fourth-order valence-corrected chi connectivity index (χ4v) is 6.76. The number of aryl methyl sites for hydroxylation is 1. The summed E-state index contributed by atoms with van der Waals surface area (Å²) in [5, 5.41) is 0. The molecule has 0 fully saturated rings. The van der Waals surface area contributed by atoms with Crippen molar-refractivity contribution in [3.05, 3.63) is 92.0 Å². The summed E-state index contributed by atoms with van der Waals surface area (Å²) in [5.41, 5.74) is 11.6. The molecule has 34 heavy (non-hydrogen) atoms. The zero-order chi connectivity index (χ0) is 24.8. The van der Waals surface area contributed by atoms with E-state index in [1.165, 1.54) is 53.3 Å². The Morgan fingerprint density at radius 1 is 1.15 bits per heavy atom. The summed E-state index contributed by atoms with van der Waals surface area (Å²) in [4.78, 5) is 0. The molecule has 1 aromatic rings. The van der Waals surface area contributed by atoms with Crippen molar-refractivity contribution in [1.29, 1.82) is 0 Å². The molecule has 0 aromatic heterocycles. The minimum Gasteiger partial charge on any atom is -0.0912 e. The molecule has 0 radical (unpaired) electrons. The molecule has 0 heterocycles. The third kappa shape index (κ3) is 5.96. The highest BCUT2D eigenvalue weighted by molar-refractivity contribution is 9.11. The molecule has 0 saturated carbocycles. The highest BCUT2D eigenvalue weighted by Gasteiger charge is 2.31. The van der Waals surface area contributed by atoms with Gasteiger partial charge in [0.25, 0.3) is 0 Å². The molecule has 3 rings (SSSR count). The standard InChI is InChI=1S/C33H45Br/c1-8-12-26(9-2)17-15-23(5)32-21-33(34)29(18-16-22(4)24(32)6)25(7)28-19-20-30-27(10-3)13-11-14-31(28)30/h11,13-15,17,21,25-26,28H,5,8-10,12,16,18-20H2,1-4,6-7H3. The molecule has 2 aliphatic rings. The molecule has 3 atom stereocenters. The highest BCUT2D eigenvalue weighted by Crippen LogP contribution is 2.46. The summed E-state index contributed by atoms with van der Waals surface area (Å²) in [6.07, 6.45) is 16.6. The molecule has 1 heteroatoms. The van der Waals surface area contributed by atoms with Crippen LogP contribution >= 0.6 is 15.9 Å². The first-order valence-electron chi connectivity index (χ1n) is 13.6. The second-order valence-electron chi connectivity index (χ2n) is 10.5. The Morgan fingerprint density at radius 2 is 1.91 bits per heavy atom. The van der Waals surface area contributed by atoms with Gasteiger partial charge in [-0.2, -0.15) is 0 Å². The van der Waals surface area contributed by atoms with Crippen molar-refractivity contribution < 1.29 is 0 Å². The third-order valence-electron chi connectivity index (χ3n) is 8.44. The van der Waals surface area contributed by atoms with Crippen molar-refractivity contribution in [2.24, 2.45) is 11.8 Å². The maximum atomic E-state index is 4.50. The van der Waals surface area contributed by atoms with Crippen LogP contribution in [0.4, 0.5) is 0 Å². The molecule has 0 aliphatic heterocycles. The highest BCUT2D eigenvalue weighted by atomic mass is 79.9. The van der Waals surface area contributed by atoms with Gasteiger partial charge in [-0.05, 0) is 116 Å². The average Bonchev–Trinajstić information content (AvgIpc) is 3.28. The van der Waals surface area contributed by atoms with Crippen LogP contribution in [0.3, 0.4) is 0 Å². The van der Waals surface area contributed by atoms with Gasteiger partial charge >= 0.3 is 0 Å². The minimum atomic E-state index is 0.532. The Kier molecular flexibility index (Phi) is 9.84. The summed E-state index contributed by atoms with van der Waals surface area (Å²) in [6, 6.07) is 6.99. The van der Waals surface area contributed by atoms with Gasteiger partial charge in [0.1, 0.15) is 0 Å². The van der Waals surface area contributed by atoms with Gasteiger partial charge in [-0.15, -0.1) is 0 Å². The predicted octanol–water partition coefficient (Wildman–Crippen LogP) is 10.6. The van der Waals surface area contributed by atoms with Crippen molar-refractivity contribution in [3.63, 3.8) is 0 Å². The molecule has 184 valence electrons. The second-order valence-corrected chi connectivity index (χ2v) is 11.3. The summed E-state index contributed by atoms with van der Waals surface area (Å²) in [7, 11) is 0. The van der Waals surface area contributed by atoms with Gasteiger partial charge in [0.05, 0.1) is 0 Å². The molecule has 0 N–H and O–H groups in total. The van der Waals surface area contributed by atoms with Gasteiger partial charge in [-0.3, -0.25) is 0 Å². The van der Waals surface area contributed by atoms with E-state index in [4.69, 9.17) is 0 Å². The van der Waals surface area contributed by atoms with Gasteiger partial charge in [0.15, 0.2) is 0 Å². The first kappa shape index (κ1) is 27.0. The van der Waals surface area contributed by atoms with Gasteiger partial charge in [-0.1, -0.05) is 98.1 Å². The topological polar surface area (TPSA) is 0 Å². The SMILES string of the molecule is C=C(C=CC(CC)CCC)C1=CC(Br)=C(C(C)C2CCc3c(CC)cccc32)CCC(C)=C1C. The van der Waals surface area contributed by atoms with Crippen LogP contribution < -0.4 is 0 Å². The van der Waals surface area contributed by atoms with Gasteiger partial charge < -0.3 is 0 Å². The lowest BCUT2D eigenvalue weighted by Gasteiger charge is -2.27. The Hall–Kier alpha value is -1.60. The molecule has 0 amide bonds. The van der Waals surface area contributed by atoms with Crippen LogP contribution in [0.15, 0.2) is 75.4 Å². The molecular weight excluding hydrogens is 476 g/mol. The lowest BCUT2D eigenvalue weighted by molar-refractivity contribution is 0.502.